The molecule has 1 aromatic heterocycles. The Morgan fingerprint density at radius 2 is 2.11 bits per heavy atom. The summed E-state index contributed by atoms with van der Waals surface area (Å²) >= 11 is 0. The van der Waals surface area contributed by atoms with E-state index in [9.17, 15) is 9.59 Å². The van der Waals surface area contributed by atoms with Crippen LogP contribution < -0.4 is 0 Å². The maximum absolute atomic E-state index is 12.6. The van der Waals surface area contributed by atoms with E-state index in [1.165, 1.54) is 0 Å². The molecular weight excluding hydrogens is 342 g/mol. The second kappa shape index (κ2) is 7.97. The summed E-state index contributed by atoms with van der Waals surface area (Å²) in [5.74, 6) is 0.427. The second-order valence-electron chi connectivity index (χ2n) is 8.29. The van der Waals surface area contributed by atoms with Gasteiger partial charge in [-0.25, -0.2) is 0 Å². The first kappa shape index (κ1) is 18.4. The highest BCUT2D eigenvalue weighted by Crippen LogP contribution is 2.40. The van der Waals surface area contributed by atoms with Crippen molar-refractivity contribution in [2.75, 3.05) is 32.8 Å². The molecule has 1 atom stereocenters. The van der Waals surface area contributed by atoms with Crippen LogP contribution in [0.3, 0.4) is 0 Å². The lowest BCUT2D eigenvalue weighted by molar-refractivity contribution is -0.143. The van der Waals surface area contributed by atoms with Crippen LogP contribution in [0.1, 0.15) is 44.2 Å². The first-order valence-corrected chi connectivity index (χ1v) is 10.2. The molecule has 0 aliphatic carbocycles. The van der Waals surface area contributed by atoms with Crippen LogP contribution in [0, 0.1) is 5.41 Å². The maximum atomic E-state index is 12.6. The molecular formula is C21H29N3O3. The number of likely N-dealkylation sites (tertiary alicyclic amines) is 2. The molecule has 1 unspecified atom stereocenters. The summed E-state index contributed by atoms with van der Waals surface area (Å²) in [6.07, 6.45) is 8.03. The van der Waals surface area contributed by atoms with Crippen LogP contribution in [0.25, 0.3) is 0 Å². The van der Waals surface area contributed by atoms with Crippen molar-refractivity contribution in [2.24, 2.45) is 5.41 Å². The topological polar surface area (TPSA) is 62.7 Å². The van der Waals surface area contributed by atoms with Crippen molar-refractivity contribution in [3.63, 3.8) is 0 Å². The Labute approximate surface area is 160 Å². The molecule has 27 heavy (non-hydrogen) atoms. The summed E-state index contributed by atoms with van der Waals surface area (Å²) in [5.41, 5.74) is 1.00. The third kappa shape index (κ3) is 4.32. The number of hydrogen-bond donors (Lipinski definition) is 0. The summed E-state index contributed by atoms with van der Waals surface area (Å²) in [5, 5.41) is 0. The van der Waals surface area contributed by atoms with E-state index in [0.717, 1.165) is 70.6 Å². The second-order valence-corrected chi connectivity index (χ2v) is 8.29. The SMILES string of the molecule is O=C(Cc1ccccn1)N1CCC2(CCC(=O)N(CC3CCCO3)C2)CC1. The van der Waals surface area contributed by atoms with Crippen molar-refractivity contribution >= 4 is 11.8 Å². The van der Waals surface area contributed by atoms with Gasteiger partial charge in [-0.15, -0.1) is 0 Å². The molecule has 3 fully saturated rings. The molecule has 3 aliphatic rings. The molecule has 6 heteroatoms. The number of aromatic nitrogens is 1. The number of nitrogens with zero attached hydrogens (tertiary/aromatic N) is 3. The molecule has 3 aliphatic heterocycles. The van der Waals surface area contributed by atoms with Crippen molar-refractivity contribution in [3.05, 3.63) is 30.1 Å². The highest BCUT2D eigenvalue weighted by Gasteiger charge is 2.42. The zero-order valence-electron chi connectivity index (χ0n) is 15.9. The quantitative estimate of drug-likeness (QED) is 0.813. The molecule has 4 rings (SSSR count). The van der Waals surface area contributed by atoms with Crippen LogP contribution in [0.4, 0.5) is 0 Å². The molecule has 4 heterocycles. The van der Waals surface area contributed by atoms with E-state index in [-0.39, 0.29) is 23.3 Å². The van der Waals surface area contributed by atoms with E-state index >= 15 is 0 Å². The van der Waals surface area contributed by atoms with Gasteiger partial charge in [0.15, 0.2) is 0 Å². The Morgan fingerprint density at radius 3 is 2.81 bits per heavy atom. The van der Waals surface area contributed by atoms with Crippen LogP contribution in [-0.4, -0.2) is 65.5 Å². The van der Waals surface area contributed by atoms with Crippen molar-refractivity contribution in [3.8, 4) is 0 Å². The van der Waals surface area contributed by atoms with Gasteiger partial charge in [-0.1, -0.05) is 6.07 Å². The van der Waals surface area contributed by atoms with Crippen LogP contribution in [0.15, 0.2) is 24.4 Å². The molecule has 0 radical (unpaired) electrons. The van der Waals surface area contributed by atoms with Crippen molar-refractivity contribution in [1.82, 2.24) is 14.8 Å². The normalized spacial score (nSPS) is 25.2. The van der Waals surface area contributed by atoms with Crippen LogP contribution >= 0.6 is 0 Å². The fourth-order valence-electron chi connectivity index (χ4n) is 4.71. The average molecular weight is 371 g/mol. The van der Waals surface area contributed by atoms with E-state index in [0.29, 0.717) is 12.8 Å². The number of amides is 2. The third-order valence-corrected chi connectivity index (χ3v) is 6.43. The zero-order valence-corrected chi connectivity index (χ0v) is 15.9. The van der Waals surface area contributed by atoms with Gasteiger partial charge in [-0.3, -0.25) is 14.6 Å². The largest absolute Gasteiger partial charge is 0.376 e. The van der Waals surface area contributed by atoms with E-state index < -0.39 is 0 Å². The third-order valence-electron chi connectivity index (χ3n) is 6.43. The van der Waals surface area contributed by atoms with Gasteiger partial charge < -0.3 is 14.5 Å². The number of rotatable bonds is 4. The van der Waals surface area contributed by atoms with Gasteiger partial charge in [0.1, 0.15) is 0 Å². The predicted octanol–water partition coefficient (Wildman–Crippen LogP) is 2.03. The highest BCUT2D eigenvalue weighted by molar-refractivity contribution is 5.79. The molecule has 1 aromatic rings. The molecule has 0 bridgehead atoms. The van der Waals surface area contributed by atoms with Gasteiger partial charge in [0.2, 0.25) is 11.8 Å². The Kier molecular flexibility index (Phi) is 5.43. The van der Waals surface area contributed by atoms with Gasteiger partial charge >= 0.3 is 0 Å². The predicted molar refractivity (Wildman–Crippen MR) is 101 cm³/mol. The maximum Gasteiger partial charge on any atom is 0.228 e. The van der Waals surface area contributed by atoms with Crippen molar-refractivity contribution < 1.29 is 14.3 Å². The summed E-state index contributed by atoms with van der Waals surface area (Å²) < 4.78 is 5.73. The minimum absolute atomic E-state index is 0.159. The lowest BCUT2D eigenvalue weighted by Crippen LogP contribution is -2.53. The highest BCUT2D eigenvalue weighted by atomic mass is 16.5. The van der Waals surface area contributed by atoms with Crippen LogP contribution in [-0.2, 0) is 20.7 Å². The van der Waals surface area contributed by atoms with Crippen LogP contribution in [0.2, 0.25) is 0 Å². The van der Waals surface area contributed by atoms with Crippen molar-refractivity contribution in [2.45, 2.75) is 51.0 Å². The molecule has 146 valence electrons. The summed E-state index contributed by atoms with van der Waals surface area (Å²) in [4.78, 5) is 33.2. The number of piperidine rings is 2. The average Bonchev–Trinajstić information content (AvgIpc) is 3.19. The minimum Gasteiger partial charge on any atom is -0.376 e. The molecule has 3 saturated heterocycles. The number of ether oxygens (including phenoxy) is 1. The zero-order chi connectivity index (χ0) is 18.7. The number of hydrogen-bond acceptors (Lipinski definition) is 4. The summed E-state index contributed by atoms with van der Waals surface area (Å²) in [7, 11) is 0. The lowest BCUT2D eigenvalue weighted by Gasteiger charge is -2.47. The fraction of sp³-hybridized carbons (Fsp3) is 0.667. The van der Waals surface area contributed by atoms with E-state index in [4.69, 9.17) is 4.74 Å². The molecule has 6 nitrogen and oxygen atoms in total. The van der Waals surface area contributed by atoms with Gasteiger partial charge in [-0.05, 0) is 49.7 Å². The number of carbonyl (C=O) groups is 2. The smallest absolute Gasteiger partial charge is 0.228 e. The Bertz CT molecular complexity index is 665. The van der Waals surface area contributed by atoms with Gasteiger partial charge in [0, 0.05) is 51.1 Å². The summed E-state index contributed by atoms with van der Waals surface area (Å²) in [6, 6.07) is 5.69. The fourth-order valence-corrected chi connectivity index (χ4v) is 4.71. The van der Waals surface area contributed by atoms with Gasteiger partial charge in [-0.2, -0.15) is 0 Å². The first-order valence-electron chi connectivity index (χ1n) is 10.2. The monoisotopic (exact) mass is 371 g/mol. The van der Waals surface area contributed by atoms with E-state index in [2.05, 4.69) is 4.98 Å². The Balaban J connectivity index is 1.31. The van der Waals surface area contributed by atoms with E-state index in [1.54, 1.807) is 6.20 Å². The first-order chi connectivity index (χ1) is 13.1. The van der Waals surface area contributed by atoms with E-state index in [1.807, 2.05) is 28.0 Å². The number of pyridine rings is 1. The standard InChI is InChI=1S/C21H29N3O3/c25-19-6-7-21(16-24(19)15-18-5-3-13-27-18)8-11-23(12-9-21)20(26)14-17-4-1-2-10-22-17/h1-2,4,10,18H,3,5-9,11-16H2. The molecule has 2 amide bonds. The molecule has 1 spiro atoms. The van der Waals surface area contributed by atoms with Gasteiger partial charge in [0.05, 0.1) is 12.5 Å². The Hall–Kier alpha value is -1.95. The van der Waals surface area contributed by atoms with Crippen molar-refractivity contribution in [1.29, 1.82) is 0 Å². The molecule has 0 aromatic carbocycles. The molecule has 0 saturated carbocycles. The Morgan fingerprint density at radius 1 is 1.26 bits per heavy atom. The van der Waals surface area contributed by atoms with Crippen LogP contribution in [0.5, 0.6) is 0 Å². The minimum atomic E-state index is 0.159. The number of carbonyl (C=O) groups excluding carboxylic acids is 2. The summed E-state index contributed by atoms with van der Waals surface area (Å²) in [6.45, 7) is 3.96. The molecule has 0 N–H and O–H groups in total. The lowest BCUT2D eigenvalue weighted by atomic mass is 9.72. The van der Waals surface area contributed by atoms with Gasteiger partial charge in [0.25, 0.3) is 0 Å².